The lowest BCUT2D eigenvalue weighted by molar-refractivity contribution is -0.249. The van der Waals surface area contributed by atoms with Crippen LogP contribution in [0.25, 0.3) is 11.3 Å². The van der Waals surface area contributed by atoms with Gasteiger partial charge < -0.3 is 0 Å². The van der Waals surface area contributed by atoms with Crippen LogP contribution in [-0.4, -0.2) is 28.6 Å². The van der Waals surface area contributed by atoms with Gasteiger partial charge in [0, 0.05) is 17.5 Å². The molecule has 0 aliphatic carbocycles. The number of carbonyl (C=O) groups is 1. The second-order valence-electron chi connectivity index (χ2n) is 7.72. The van der Waals surface area contributed by atoms with Crippen LogP contribution in [0.2, 0.25) is 5.02 Å². The maximum Gasteiger partial charge on any atom is 0.459 e. The third-order valence-electron chi connectivity index (χ3n) is 5.40. The molecule has 4 nitrogen and oxygen atoms in total. The van der Waals surface area contributed by atoms with Gasteiger partial charge in [0.15, 0.2) is 5.78 Å². The summed E-state index contributed by atoms with van der Waals surface area (Å²) in [6, 6.07) is 16.6. The summed E-state index contributed by atoms with van der Waals surface area (Å²) in [5.41, 5.74) is 0.555. The summed E-state index contributed by atoms with van der Waals surface area (Å²) in [7, 11) is 0. The lowest BCUT2D eigenvalue weighted by Gasteiger charge is -2.24. The van der Waals surface area contributed by atoms with Gasteiger partial charge in [0.2, 0.25) is 0 Å². The number of pyridine rings is 1. The summed E-state index contributed by atoms with van der Waals surface area (Å²) in [5.74, 6) is -5.26. The molecule has 0 radical (unpaired) electrons. The first kappa shape index (κ1) is 23.8. The second kappa shape index (κ2) is 8.79. The van der Waals surface area contributed by atoms with Crippen LogP contribution in [0, 0.1) is 0 Å². The number of benzene rings is 2. The van der Waals surface area contributed by atoms with Crippen molar-refractivity contribution in [3.05, 3.63) is 83.0 Å². The molecule has 2 aromatic carbocycles. The van der Waals surface area contributed by atoms with Crippen molar-refractivity contribution in [1.82, 2.24) is 4.98 Å². The van der Waals surface area contributed by atoms with E-state index in [0.717, 1.165) is 5.01 Å². The Bertz CT molecular complexity index is 1280. The fourth-order valence-corrected chi connectivity index (χ4v) is 3.87. The lowest BCUT2D eigenvalue weighted by Crippen LogP contribution is -2.43. The summed E-state index contributed by atoms with van der Waals surface area (Å²) in [4.78, 5) is 16.2. The van der Waals surface area contributed by atoms with E-state index >= 15 is 0 Å². The van der Waals surface area contributed by atoms with Crippen molar-refractivity contribution < 1.29 is 26.7 Å². The van der Waals surface area contributed by atoms with E-state index < -0.39 is 30.3 Å². The van der Waals surface area contributed by atoms with Crippen LogP contribution in [0.5, 0.6) is 0 Å². The number of para-hydroxylation sites is 1. The highest BCUT2D eigenvalue weighted by Crippen LogP contribution is 2.45. The summed E-state index contributed by atoms with van der Waals surface area (Å²) < 4.78 is 67.7. The maximum absolute atomic E-state index is 14.2. The minimum absolute atomic E-state index is 0.137. The fourth-order valence-electron chi connectivity index (χ4n) is 3.65. The van der Waals surface area contributed by atoms with Crippen molar-refractivity contribution in [2.75, 3.05) is 5.01 Å². The highest BCUT2D eigenvalue weighted by molar-refractivity contribution is 6.33. The maximum atomic E-state index is 14.2. The Morgan fingerprint density at radius 2 is 1.71 bits per heavy atom. The second-order valence-corrected chi connectivity index (χ2v) is 8.13. The van der Waals surface area contributed by atoms with Gasteiger partial charge in [-0.15, -0.1) is 0 Å². The fraction of sp³-hybridized carbons (Fsp3) is 0.208. The van der Waals surface area contributed by atoms with Crippen LogP contribution in [0.4, 0.5) is 27.6 Å². The van der Waals surface area contributed by atoms with Crippen LogP contribution in [0.1, 0.15) is 35.4 Å². The van der Waals surface area contributed by atoms with Crippen molar-refractivity contribution in [3.63, 3.8) is 0 Å². The van der Waals surface area contributed by atoms with Crippen LogP contribution < -0.4 is 5.01 Å². The summed E-state index contributed by atoms with van der Waals surface area (Å²) in [5, 5.41) is 4.85. The summed E-state index contributed by atoms with van der Waals surface area (Å²) in [6.45, 7) is 1.42. The van der Waals surface area contributed by atoms with E-state index in [-0.39, 0.29) is 22.2 Å². The molecule has 176 valence electrons. The minimum atomic E-state index is -5.80. The Hall–Kier alpha value is -3.33. The quantitative estimate of drug-likeness (QED) is 0.281. The van der Waals surface area contributed by atoms with Crippen LogP contribution in [0.3, 0.4) is 0 Å². The van der Waals surface area contributed by atoms with Gasteiger partial charge in [-0.25, -0.2) is 0 Å². The molecule has 10 heteroatoms. The molecule has 0 amide bonds. The van der Waals surface area contributed by atoms with Gasteiger partial charge in [-0.3, -0.25) is 14.8 Å². The van der Waals surface area contributed by atoms with Crippen molar-refractivity contribution in [3.8, 4) is 11.3 Å². The molecule has 1 aliphatic rings. The monoisotopic (exact) mass is 493 g/mol. The third-order valence-corrected chi connectivity index (χ3v) is 5.72. The Morgan fingerprint density at radius 1 is 1.00 bits per heavy atom. The Morgan fingerprint density at radius 3 is 2.38 bits per heavy atom. The van der Waals surface area contributed by atoms with Crippen molar-refractivity contribution >= 4 is 28.8 Å². The number of hydrogen-bond donors (Lipinski definition) is 0. The first-order valence-corrected chi connectivity index (χ1v) is 10.5. The van der Waals surface area contributed by atoms with Crippen LogP contribution in [-0.2, 0) is 0 Å². The average Bonchev–Trinajstić information content (AvgIpc) is 3.25. The number of Topliss-reactive ketones (excluding diaryl/α,β-unsaturated/α-hetero) is 1. The smallest absolute Gasteiger partial charge is 0.295 e. The zero-order chi connectivity index (χ0) is 24.7. The number of anilines is 1. The zero-order valence-corrected chi connectivity index (χ0v) is 18.4. The molecule has 1 unspecified atom stereocenters. The van der Waals surface area contributed by atoms with Gasteiger partial charge in [0.1, 0.15) is 11.8 Å². The number of halogens is 6. The molecule has 0 saturated heterocycles. The third kappa shape index (κ3) is 4.40. The number of alkyl halides is 5. The number of ketones is 1. The van der Waals surface area contributed by atoms with Crippen molar-refractivity contribution in [2.24, 2.45) is 5.10 Å². The first-order chi connectivity index (χ1) is 16.0. The molecule has 1 aliphatic heterocycles. The molecular weight excluding hydrogens is 477 g/mol. The molecule has 34 heavy (non-hydrogen) atoms. The highest BCUT2D eigenvalue weighted by atomic mass is 35.5. The molecule has 0 bridgehead atoms. The van der Waals surface area contributed by atoms with E-state index in [0.29, 0.717) is 16.8 Å². The number of aromatic nitrogens is 1. The molecule has 3 aromatic rings. The average molecular weight is 494 g/mol. The SMILES string of the molecule is CC(=O)c1cccc(-c2cccc(C3CC(C(F)(F)C(F)(F)F)=NN3c3ccccc3Cl)n2)c1. The lowest BCUT2D eigenvalue weighted by atomic mass is 10.0. The molecule has 0 spiro atoms. The number of nitrogens with zero attached hydrogens (tertiary/aromatic N) is 3. The molecule has 4 rings (SSSR count). The number of carbonyl (C=O) groups excluding carboxylic acids is 1. The van der Waals surface area contributed by atoms with Gasteiger partial charge in [-0.1, -0.05) is 48.0 Å². The molecule has 2 heterocycles. The van der Waals surface area contributed by atoms with Gasteiger partial charge in [-0.2, -0.15) is 27.1 Å². The zero-order valence-electron chi connectivity index (χ0n) is 17.7. The number of hydrazone groups is 1. The largest absolute Gasteiger partial charge is 0.459 e. The molecule has 0 saturated carbocycles. The highest BCUT2D eigenvalue weighted by Gasteiger charge is 2.63. The van der Waals surface area contributed by atoms with E-state index in [2.05, 4.69) is 10.1 Å². The van der Waals surface area contributed by atoms with E-state index in [1.165, 1.54) is 25.1 Å². The normalized spacial score (nSPS) is 16.5. The van der Waals surface area contributed by atoms with Gasteiger partial charge in [0.05, 0.1) is 22.1 Å². The predicted molar refractivity (Wildman–Crippen MR) is 119 cm³/mol. The van der Waals surface area contributed by atoms with Crippen LogP contribution >= 0.6 is 11.6 Å². The standard InChI is InChI=1S/C24H17ClF5N3O/c1-14(34)15-6-4-7-16(12-15)18-9-5-10-19(31-18)21-13-22(23(26,27)24(28,29)30)32-33(21)20-11-3-2-8-17(20)25/h2-12,21H,13H2,1H3. The molecular formula is C24H17ClF5N3O. The van der Waals surface area contributed by atoms with E-state index in [4.69, 9.17) is 11.6 Å². The molecule has 0 N–H and O–H groups in total. The number of hydrogen-bond acceptors (Lipinski definition) is 4. The van der Waals surface area contributed by atoms with Crippen molar-refractivity contribution in [1.29, 1.82) is 0 Å². The van der Waals surface area contributed by atoms with Crippen LogP contribution in [0.15, 0.2) is 71.8 Å². The molecule has 1 aromatic heterocycles. The van der Waals surface area contributed by atoms with Gasteiger partial charge in [-0.05, 0) is 37.3 Å². The Balaban J connectivity index is 1.79. The van der Waals surface area contributed by atoms with Gasteiger partial charge in [0.25, 0.3) is 0 Å². The number of rotatable bonds is 5. The Kier molecular flexibility index (Phi) is 6.16. The van der Waals surface area contributed by atoms with Gasteiger partial charge >= 0.3 is 12.1 Å². The van der Waals surface area contributed by atoms with E-state index in [1.807, 2.05) is 0 Å². The van der Waals surface area contributed by atoms with E-state index in [9.17, 15) is 26.7 Å². The molecule has 1 atom stereocenters. The topological polar surface area (TPSA) is 45.6 Å². The first-order valence-electron chi connectivity index (χ1n) is 10.1. The predicted octanol–water partition coefficient (Wildman–Crippen LogP) is 7.11. The summed E-state index contributed by atoms with van der Waals surface area (Å²) in [6.07, 6.45) is -6.50. The minimum Gasteiger partial charge on any atom is -0.295 e. The Labute approximate surface area is 196 Å². The summed E-state index contributed by atoms with van der Waals surface area (Å²) >= 11 is 6.21. The van der Waals surface area contributed by atoms with E-state index in [1.54, 1.807) is 48.5 Å². The van der Waals surface area contributed by atoms with Crippen molar-refractivity contribution in [2.45, 2.75) is 31.5 Å². The molecule has 0 fully saturated rings.